The summed E-state index contributed by atoms with van der Waals surface area (Å²) in [6, 6.07) is 0. The van der Waals surface area contributed by atoms with Gasteiger partial charge in [-0.15, -0.1) is 0 Å². The van der Waals surface area contributed by atoms with Crippen molar-refractivity contribution in [2.24, 2.45) is 5.40 Å². The second kappa shape index (κ2) is 3.21. The highest BCUT2D eigenvalue weighted by Crippen LogP contribution is 2.07. The minimum absolute atomic E-state index is 0.765. The van der Waals surface area contributed by atoms with Crippen molar-refractivity contribution in [3.8, 4) is 0 Å². The van der Waals surface area contributed by atoms with Gasteiger partial charge in [0.05, 0.1) is 0 Å². The zero-order chi connectivity index (χ0) is 5.86. The van der Waals surface area contributed by atoms with E-state index in [4.69, 9.17) is 5.40 Å². The summed E-state index contributed by atoms with van der Waals surface area (Å²) in [6.45, 7) is 6.62. The van der Waals surface area contributed by atoms with E-state index in [2.05, 4.69) is 20.4 Å². The lowest BCUT2D eigenvalue weighted by Gasteiger charge is -2.08. The average molecular weight is 117 g/mol. The maximum atomic E-state index is 5.69. The van der Waals surface area contributed by atoms with E-state index in [0.29, 0.717) is 0 Å². The predicted octanol–water partition coefficient (Wildman–Crippen LogP) is 1.10. The molecule has 0 aromatic carbocycles. The number of nitrogens with two attached hydrogens (primary N) is 1. The summed E-state index contributed by atoms with van der Waals surface area (Å²) in [6.07, 6.45) is 1.25. The van der Waals surface area contributed by atoms with Gasteiger partial charge in [0.15, 0.2) is 0 Å². The van der Waals surface area contributed by atoms with Crippen LogP contribution in [-0.2, 0) is 0 Å². The van der Waals surface area contributed by atoms with Gasteiger partial charge in [-0.3, -0.25) is 0 Å². The zero-order valence-electron chi connectivity index (χ0n) is 5.44. The number of rotatable bonds is 2. The summed E-state index contributed by atoms with van der Waals surface area (Å²) >= 11 is 0. The van der Waals surface area contributed by atoms with Crippen LogP contribution in [0.15, 0.2) is 0 Å². The number of hydrogen-bond acceptors (Lipinski definition) is 1. The lowest BCUT2D eigenvalue weighted by Crippen LogP contribution is -2.25. The summed E-state index contributed by atoms with van der Waals surface area (Å²) < 4.78 is 0. The Labute approximate surface area is 47.6 Å². The van der Waals surface area contributed by atoms with Gasteiger partial charge in [-0.2, -0.15) is 0 Å². The minimum atomic E-state index is -0.765. The summed E-state index contributed by atoms with van der Waals surface area (Å²) in [5.74, 6) is 0. The van der Waals surface area contributed by atoms with Gasteiger partial charge in [-0.05, 0) is 5.54 Å². The van der Waals surface area contributed by atoms with Gasteiger partial charge in [-0.25, -0.2) is 0 Å². The van der Waals surface area contributed by atoms with Crippen molar-refractivity contribution < 1.29 is 0 Å². The molecule has 0 bridgehead atoms. The third-order valence-corrected chi connectivity index (χ3v) is 3.81. The lowest BCUT2D eigenvalue weighted by atomic mass is 10.4. The topological polar surface area (TPSA) is 26.0 Å². The van der Waals surface area contributed by atoms with Gasteiger partial charge >= 0.3 is 0 Å². The van der Waals surface area contributed by atoms with Gasteiger partial charge in [0, 0.05) is 0 Å². The average Bonchev–Trinajstić information content (AvgIpc) is 1.65. The Hall–Kier alpha value is 0.177. The minimum Gasteiger partial charge on any atom is -0.353 e. The molecule has 0 saturated heterocycles. The third-order valence-electron chi connectivity index (χ3n) is 1.54. The molecule has 0 saturated carbocycles. The molecule has 0 aromatic rings. The Morgan fingerprint density at radius 3 is 2.14 bits per heavy atom. The molecular formula is C5H15NSi. The van der Waals surface area contributed by atoms with Crippen molar-refractivity contribution in [1.82, 2.24) is 0 Å². The molecule has 0 heterocycles. The van der Waals surface area contributed by atoms with Gasteiger partial charge < -0.3 is 5.40 Å². The summed E-state index contributed by atoms with van der Waals surface area (Å²) in [4.78, 5) is 0. The second-order valence-corrected chi connectivity index (χ2v) is 5.10. The molecule has 2 unspecified atom stereocenters. The van der Waals surface area contributed by atoms with E-state index in [1.807, 2.05) is 0 Å². The summed E-state index contributed by atoms with van der Waals surface area (Å²) in [7, 11) is -0.765. The van der Waals surface area contributed by atoms with Gasteiger partial charge in [0.2, 0.25) is 0 Å². The summed E-state index contributed by atoms with van der Waals surface area (Å²) in [5, 5.41) is 5.69. The van der Waals surface area contributed by atoms with Crippen LogP contribution in [0.2, 0.25) is 12.1 Å². The quantitative estimate of drug-likeness (QED) is 0.538. The normalized spacial score (nSPS) is 18.9. The highest BCUT2D eigenvalue weighted by Gasteiger charge is 2.03. The monoisotopic (exact) mass is 117 g/mol. The van der Waals surface area contributed by atoms with Gasteiger partial charge in [-0.1, -0.05) is 26.8 Å². The van der Waals surface area contributed by atoms with Crippen molar-refractivity contribution in [1.29, 1.82) is 0 Å². The Morgan fingerprint density at radius 1 is 1.71 bits per heavy atom. The Balaban J connectivity index is 3.14. The van der Waals surface area contributed by atoms with Crippen molar-refractivity contribution >= 4 is 8.96 Å². The first-order valence-electron chi connectivity index (χ1n) is 2.94. The van der Waals surface area contributed by atoms with Gasteiger partial charge in [0.25, 0.3) is 0 Å². The first-order valence-corrected chi connectivity index (χ1v) is 5.42. The van der Waals surface area contributed by atoms with Crippen LogP contribution in [0.1, 0.15) is 20.3 Å². The smallest absolute Gasteiger partial charge is 0.105 e. The van der Waals surface area contributed by atoms with E-state index in [0.717, 1.165) is 5.54 Å². The van der Waals surface area contributed by atoms with Crippen LogP contribution in [-0.4, -0.2) is 8.96 Å². The molecule has 0 spiro atoms. The number of hydrogen-bond donors (Lipinski definition) is 1. The van der Waals surface area contributed by atoms with Crippen LogP contribution < -0.4 is 5.40 Å². The zero-order valence-corrected chi connectivity index (χ0v) is 6.59. The predicted molar refractivity (Wildman–Crippen MR) is 36.9 cm³/mol. The largest absolute Gasteiger partial charge is 0.353 e. The summed E-state index contributed by atoms with van der Waals surface area (Å²) in [5.41, 5.74) is 0.819. The first kappa shape index (κ1) is 7.18. The van der Waals surface area contributed by atoms with Crippen LogP contribution >= 0.6 is 0 Å². The standard InChI is InChI=1S/C5H15NSi/c1-4-5(2)7(3)6/h5,7H,4,6H2,1-3H3. The highest BCUT2D eigenvalue weighted by molar-refractivity contribution is 6.55. The molecule has 2 heteroatoms. The molecule has 0 aliphatic rings. The van der Waals surface area contributed by atoms with Crippen molar-refractivity contribution in [3.63, 3.8) is 0 Å². The molecule has 1 nitrogen and oxygen atoms in total. The maximum absolute atomic E-state index is 5.69. The van der Waals surface area contributed by atoms with Crippen LogP contribution in [0.3, 0.4) is 0 Å². The molecule has 2 atom stereocenters. The van der Waals surface area contributed by atoms with Crippen molar-refractivity contribution in [3.05, 3.63) is 0 Å². The van der Waals surface area contributed by atoms with Crippen molar-refractivity contribution in [2.45, 2.75) is 32.4 Å². The molecule has 44 valence electrons. The molecule has 0 fully saturated rings. The Kier molecular flexibility index (Phi) is 3.30. The van der Waals surface area contributed by atoms with Gasteiger partial charge in [0.1, 0.15) is 8.96 Å². The van der Waals surface area contributed by atoms with E-state index < -0.39 is 8.96 Å². The molecule has 7 heavy (non-hydrogen) atoms. The van der Waals surface area contributed by atoms with E-state index in [9.17, 15) is 0 Å². The highest BCUT2D eigenvalue weighted by atomic mass is 28.3. The third kappa shape index (κ3) is 2.82. The Morgan fingerprint density at radius 2 is 2.14 bits per heavy atom. The molecule has 0 aromatic heterocycles. The van der Waals surface area contributed by atoms with E-state index in [1.54, 1.807) is 0 Å². The molecule has 2 N–H and O–H groups in total. The van der Waals surface area contributed by atoms with Crippen LogP contribution in [0.5, 0.6) is 0 Å². The van der Waals surface area contributed by atoms with Crippen LogP contribution in [0, 0.1) is 0 Å². The van der Waals surface area contributed by atoms with Crippen molar-refractivity contribution in [2.75, 3.05) is 0 Å². The molecule has 0 aliphatic carbocycles. The van der Waals surface area contributed by atoms with Crippen LogP contribution in [0.25, 0.3) is 0 Å². The molecular weight excluding hydrogens is 102 g/mol. The molecule has 0 rings (SSSR count). The molecule has 0 radical (unpaired) electrons. The Bertz CT molecular complexity index is 45.3. The first-order chi connectivity index (χ1) is 3.18. The van der Waals surface area contributed by atoms with E-state index >= 15 is 0 Å². The molecule has 0 aliphatic heterocycles. The fourth-order valence-electron chi connectivity index (χ4n) is 0.372. The van der Waals surface area contributed by atoms with E-state index in [1.165, 1.54) is 6.42 Å². The van der Waals surface area contributed by atoms with E-state index in [-0.39, 0.29) is 0 Å². The SMILES string of the molecule is CCC(C)[SiH](C)N. The second-order valence-electron chi connectivity index (χ2n) is 2.24. The van der Waals surface area contributed by atoms with Crippen LogP contribution in [0.4, 0.5) is 0 Å². The fraction of sp³-hybridized carbons (Fsp3) is 1.00. The fourth-order valence-corrected chi connectivity index (χ4v) is 1.12. The maximum Gasteiger partial charge on any atom is 0.105 e. The molecule has 0 amide bonds. The lowest BCUT2D eigenvalue weighted by molar-refractivity contribution is 0.854.